The van der Waals surface area contributed by atoms with Gasteiger partial charge in [0.1, 0.15) is 18.1 Å². The summed E-state index contributed by atoms with van der Waals surface area (Å²) in [5.74, 6) is -5.12. The van der Waals surface area contributed by atoms with Crippen molar-refractivity contribution in [3.8, 4) is 0 Å². The third kappa shape index (κ3) is 9.28. The van der Waals surface area contributed by atoms with Crippen LogP contribution in [0.2, 0.25) is 0 Å². The third-order valence-corrected chi connectivity index (χ3v) is 3.62. The molecular formula is C16H28N4O8. The van der Waals surface area contributed by atoms with Crippen LogP contribution in [0.1, 0.15) is 33.6 Å². The number of amides is 3. The number of aliphatic carboxylic acids is 2. The number of carboxylic acids is 2. The second-order valence-electron chi connectivity index (χ2n) is 6.71. The monoisotopic (exact) mass is 404 g/mol. The molecule has 8 N–H and O–H groups in total. The standard InChI is InChI=1S/C16H28N4O8/c1-7(2)4-10(19-14(25)9(17)5-12(22)23)15(26)18-8(3)13(24)20-11(6-21)16(27)28/h7-11,21H,4-6,17H2,1-3H3,(H,18,26)(H,19,25)(H,20,24)(H,22,23)(H,27,28). The van der Waals surface area contributed by atoms with Crippen LogP contribution in [0.5, 0.6) is 0 Å². The number of carbonyl (C=O) groups is 5. The minimum absolute atomic E-state index is 0.0262. The van der Waals surface area contributed by atoms with Gasteiger partial charge in [-0.15, -0.1) is 0 Å². The van der Waals surface area contributed by atoms with Crippen molar-refractivity contribution in [2.45, 2.75) is 57.8 Å². The van der Waals surface area contributed by atoms with Gasteiger partial charge in [0.15, 0.2) is 0 Å². The molecule has 0 saturated carbocycles. The Morgan fingerprint density at radius 3 is 1.82 bits per heavy atom. The van der Waals surface area contributed by atoms with Gasteiger partial charge in [0, 0.05) is 0 Å². The predicted octanol–water partition coefficient (Wildman–Crippen LogP) is -2.61. The van der Waals surface area contributed by atoms with Crippen LogP contribution in [0, 0.1) is 5.92 Å². The van der Waals surface area contributed by atoms with Crippen molar-refractivity contribution in [2.75, 3.05) is 6.61 Å². The zero-order valence-electron chi connectivity index (χ0n) is 16.0. The van der Waals surface area contributed by atoms with E-state index in [2.05, 4.69) is 16.0 Å². The van der Waals surface area contributed by atoms with Crippen molar-refractivity contribution in [3.63, 3.8) is 0 Å². The molecule has 0 bridgehead atoms. The van der Waals surface area contributed by atoms with Gasteiger partial charge in [-0.05, 0) is 19.3 Å². The first-order valence-electron chi connectivity index (χ1n) is 8.61. The summed E-state index contributed by atoms with van der Waals surface area (Å²) in [6, 6.07) is -5.09. The molecule has 12 nitrogen and oxygen atoms in total. The van der Waals surface area contributed by atoms with Crippen LogP contribution in [-0.4, -0.2) is 75.8 Å². The third-order valence-electron chi connectivity index (χ3n) is 3.62. The molecule has 4 atom stereocenters. The first-order valence-corrected chi connectivity index (χ1v) is 8.61. The summed E-state index contributed by atoms with van der Waals surface area (Å²) in [7, 11) is 0. The van der Waals surface area contributed by atoms with Crippen molar-refractivity contribution in [1.82, 2.24) is 16.0 Å². The molecule has 0 aromatic carbocycles. The minimum atomic E-state index is -1.52. The van der Waals surface area contributed by atoms with E-state index >= 15 is 0 Å². The maximum absolute atomic E-state index is 12.4. The van der Waals surface area contributed by atoms with Gasteiger partial charge in [-0.2, -0.15) is 0 Å². The highest BCUT2D eigenvalue weighted by Crippen LogP contribution is 2.06. The summed E-state index contributed by atoms with van der Waals surface area (Å²) in [4.78, 5) is 57.9. The van der Waals surface area contributed by atoms with Crippen LogP contribution in [0.4, 0.5) is 0 Å². The van der Waals surface area contributed by atoms with Gasteiger partial charge in [0.05, 0.1) is 19.1 Å². The topological polar surface area (TPSA) is 208 Å². The molecule has 0 saturated heterocycles. The van der Waals surface area contributed by atoms with Gasteiger partial charge in [0.25, 0.3) is 0 Å². The summed E-state index contributed by atoms with van der Waals surface area (Å²) in [5, 5.41) is 33.2. The van der Waals surface area contributed by atoms with Crippen LogP contribution >= 0.6 is 0 Å². The number of carbonyl (C=O) groups excluding carboxylic acids is 3. The molecule has 0 fully saturated rings. The van der Waals surface area contributed by atoms with Gasteiger partial charge < -0.3 is 37.0 Å². The maximum Gasteiger partial charge on any atom is 0.328 e. The highest BCUT2D eigenvalue weighted by Gasteiger charge is 2.29. The number of hydrogen-bond donors (Lipinski definition) is 7. The number of nitrogens with two attached hydrogens (primary N) is 1. The van der Waals surface area contributed by atoms with Crippen LogP contribution in [0.3, 0.4) is 0 Å². The van der Waals surface area contributed by atoms with E-state index < -0.39 is 66.9 Å². The Labute approximate surface area is 161 Å². The largest absolute Gasteiger partial charge is 0.481 e. The number of nitrogens with one attached hydrogen (secondary N) is 3. The molecule has 3 amide bonds. The SMILES string of the molecule is CC(C)CC(NC(=O)C(N)CC(=O)O)C(=O)NC(C)C(=O)NC(CO)C(=O)O. The van der Waals surface area contributed by atoms with Gasteiger partial charge in [-0.3, -0.25) is 19.2 Å². The molecule has 0 rings (SSSR count). The highest BCUT2D eigenvalue weighted by molar-refractivity contribution is 5.94. The fourth-order valence-electron chi connectivity index (χ4n) is 2.12. The van der Waals surface area contributed by atoms with Crippen molar-refractivity contribution < 1.29 is 39.3 Å². The van der Waals surface area contributed by atoms with Crippen LogP contribution in [-0.2, 0) is 24.0 Å². The fraction of sp³-hybridized carbons (Fsp3) is 0.688. The van der Waals surface area contributed by atoms with E-state index in [0.717, 1.165) is 0 Å². The van der Waals surface area contributed by atoms with Crippen LogP contribution < -0.4 is 21.7 Å². The molecule has 0 aliphatic rings. The molecular weight excluding hydrogens is 376 g/mol. The van der Waals surface area contributed by atoms with Crippen LogP contribution in [0.15, 0.2) is 0 Å². The summed E-state index contributed by atoms with van der Waals surface area (Å²) < 4.78 is 0. The zero-order valence-corrected chi connectivity index (χ0v) is 16.0. The molecule has 160 valence electrons. The summed E-state index contributed by atoms with van der Waals surface area (Å²) in [5.41, 5.74) is 5.48. The first-order chi connectivity index (χ1) is 12.9. The normalized spacial score (nSPS) is 15.1. The molecule has 12 heteroatoms. The van der Waals surface area contributed by atoms with Crippen molar-refractivity contribution >= 4 is 29.7 Å². The Hall–Kier alpha value is -2.73. The van der Waals surface area contributed by atoms with Gasteiger partial charge in [-0.1, -0.05) is 13.8 Å². The number of hydrogen-bond acceptors (Lipinski definition) is 7. The fourth-order valence-corrected chi connectivity index (χ4v) is 2.12. The van der Waals surface area contributed by atoms with Crippen LogP contribution in [0.25, 0.3) is 0 Å². The lowest BCUT2D eigenvalue weighted by Gasteiger charge is -2.24. The van der Waals surface area contributed by atoms with Crippen molar-refractivity contribution in [1.29, 1.82) is 0 Å². The molecule has 0 aliphatic carbocycles. The minimum Gasteiger partial charge on any atom is -0.481 e. The average molecular weight is 404 g/mol. The maximum atomic E-state index is 12.4. The predicted molar refractivity (Wildman–Crippen MR) is 95.9 cm³/mol. The van der Waals surface area contributed by atoms with Gasteiger partial charge in [-0.25, -0.2) is 4.79 Å². The molecule has 0 heterocycles. The Morgan fingerprint density at radius 1 is 0.857 bits per heavy atom. The molecule has 0 aliphatic heterocycles. The quantitative estimate of drug-likeness (QED) is 0.181. The summed E-state index contributed by atoms with van der Waals surface area (Å²) in [6.07, 6.45) is -0.418. The molecule has 0 aromatic rings. The number of carboxylic acid groups (broad SMARTS) is 2. The Kier molecular flexibility index (Phi) is 10.7. The lowest BCUT2D eigenvalue weighted by molar-refractivity contribution is -0.143. The molecule has 0 spiro atoms. The second kappa shape index (κ2) is 11.9. The van der Waals surface area contributed by atoms with E-state index in [1.165, 1.54) is 6.92 Å². The van der Waals surface area contributed by atoms with E-state index in [1.54, 1.807) is 13.8 Å². The number of aliphatic hydroxyl groups is 1. The zero-order chi connectivity index (χ0) is 22.0. The molecule has 28 heavy (non-hydrogen) atoms. The number of aliphatic hydroxyl groups excluding tert-OH is 1. The molecule has 4 unspecified atom stereocenters. The molecule has 0 aromatic heterocycles. The van der Waals surface area contributed by atoms with Gasteiger partial charge in [0.2, 0.25) is 17.7 Å². The Balaban J connectivity index is 5.01. The lowest BCUT2D eigenvalue weighted by Crippen LogP contribution is -2.57. The van der Waals surface area contributed by atoms with E-state index in [0.29, 0.717) is 0 Å². The average Bonchev–Trinajstić information content (AvgIpc) is 2.57. The highest BCUT2D eigenvalue weighted by atomic mass is 16.4. The van der Waals surface area contributed by atoms with Crippen molar-refractivity contribution in [2.24, 2.45) is 11.7 Å². The van der Waals surface area contributed by atoms with E-state index in [4.69, 9.17) is 21.1 Å². The van der Waals surface area contributed by atoms with Gasteiger partial charge >= 0.3 is 11.9 Å². The van der Waals surface area contributed by atoms with E-state index in [-0.39, 0.29) is 12.3 Å². The Morgan fingerprint density at radius 2 is 1.39 bits per heavy atom. The number of rotatable bonds is 12. The smallest absolute Gasteiger partial charge is 0.328 e. The van der Waals surface area contributed by atoms with E-state index in [9.17, 15) is 24.0 Å². The second-order valence-corrected chi connectivity index (χ2v) is 6.71. The molecule has 0 radical (unpaired) electrons. The summed E-state index contributed by atoms with van der Waals surface area (Å²) >= 11 is 0. The summed E-state index contributed by atoms with van der Waals surface area (Å²) in [6.45, 7) is 4.06. The van der Waals surface area contributed by atoms with E-state index in [1.807, 2.05) is 0 Å². The first kappa shape index (κ1) is 25.3. The Bertz CT molecular complexity index is 595. The van der Waals surface area contributed by atoms with Crippen molar-refractivity contribution in [3.05, 3.63) is 0 Å². The lowest BCUT2D eigenvalue weighted by atomic mass is 10.0.